The number of ether oxygens (including phenoxy) is 2. The number of carbonyl (C=O) groups excluding carboxylic acids is 2. The normalized spacial score (nSPS) is 11.0. The standard InChI is InChI=1S/C32H26N4O6S2/c1-39-27-15-19(11-13-23(27)33-29(37)17-43-31-35-21-7-3-5-9-25(21)41-31)20-12-14-24(28(16-20)40-2)34-30(38)18-44-32-36-22-8-4-6-10-26(22)42-32/h3-16H,17-18H2,1-2H3,(H,33,37)(H,34,38). The molecule has 2 amide bonds. The Morgan fingerprint density at radius 1 is 0.659 bits per heavy atom. The first-order valence-corrected chi connectivity index (χ1v) is 15.4. The third-order valence-electron chi connectivity index (χ3n) is 6.49. The highest BCUT2D eigenvalue weighted by Gasteiger charge is 2.15. The summed E-state index contributed by atoms with van der Waals surface area (Å²) in [6.45, 7) is 0. The van der Waals surface area contributed by atoms with E-state index in [1.54, 1.807) is 26.4 Å². The van der Waals surface area contributed by atoms with Gasteiger partial charge in [-0.25, -0.2) is 9.97 Å². The second-order valence-corrected chi connectivity index (χ2v) is 11.3. The van der Waals surface area contributed by atoms with E-state index >= 15 is 0 Å². The van der Waals surface area contributed by atoms with E-state index in [9.17, 15) is 9.59 Å². The van der Waals surface area contributed by atoms with Gasteiger partial charge in [0, 0.05) is 0 Å². The number of hydrogen-bond acceptors (Lipinski definition) is 10. The maximum Gasteiger partial charge on any atom is 0.257 e. The molecule has 0 atom stereocenters. The maximum atomic E-state index is 12.7. The molecular weight excluding hydrogens is 601 g/mol. The number of amides is 2. The highest BCUT2D eigenvalue weighted by atomic mass is 32.2. The summed E-state index contributed by atoms with van der Waals surface area (Å²) in [4.78, 5) is 34.1. The van der Waals surface area contributed by atoms with Crippen LogP contribution in [0.4, 0.5) is 11.4 Å². The van der Waals surface area contributed by atoms with Crippen molar-refractivity contribution in [2.75, 3.05) is 36.4 Å². The van der Waals surface area contributed by atoms with Crippen LogP contribution in [0, 0.1) is 0 Å². The molecule has 0 aliphatic rings. The quantitative estimate of drug-likeness (QED) is 0.144. The van der Waals surface area contributed by atoms with Crippen LogP contribution in [-0.4, -0.2) is 47.5 Å². The number of thioether (sulfide) groups is 2. The van der Waals surface area contributed by atoms with Gasteiger partial charge < -0.3 is 28.9 Å². The minimum Gasteiger partial charge on any atom is -0.495 e. The molecule has 0 radical (unpaired) electrons. The third-order valence-corrected chi connectivity index (χ3v) is 8.14. The Morgan fingerprint density at radius 2 is 1.09 bits per heavy atom. The molecule has 2 N–H and O–H groups in total. The van der Waals surface area contributed by atoms with Crippen molar-refractivity contribution in [2.45, 2.75) is 10.4 Å². The van der Waals surface area contributed by atoms with Gasteiger partial charge in [0.2, 0.25) is 11.8 Å². The Hall–Kier alpha value is -4.94. The molecule has 0 saturated carbocycles. The summed E-state index contributed by atoms with van der Waals surface area (Å²) in [5.74, 6) is 0.786. The number of nitrogens with zero attached hydrogens (tertiary/aromatic N) is 2. The number of carbonyl (C=O) groups is 2. The number of oxazole rings is 2. The molecule has 12 heteroatoms. The first-order valence-electron chi connectivity index (χ1n) is 13.4. The van der Waals surface area contributed by atoms with Crippen molar-refractivity contribution in [3.05, 3.63) is 84.9 Å². The number of para-hydroxylation sites is 4. The molecule has 2 heterocycles. The number of fused-ring (bicyclic) bond motifs is 2. The molecule has 0 fully saturated rings. The van der Waals surface area contributed by atoms with Gasteiger partial charge in [-0.1, -0.05) is 59.9 Å². The zero-order valence-corrected chi connectivity index (χ0v) is 25.3. The fraction of sp³-hybridized carbons (Fsp3) is 0.125. The van der Waals surface area contributed by atoms with Crippen LogP contribution in [0.3, 0.4) is 0 Å². The average molecular weight is 627 g/mol. The van der Waals surface area contributed by atoms with Crippen LogP contribution in [0.5, 0.6) is 11.5 Å². The van der Waals surface area contributed by atoms with Gasteiger partial charge in [-0.2, -0.15) is 0 Å². The first-order chi connectivity index (χ1) is 21.5. The Bertz CT molecular complexity index is 1760. The molecule has 44 heavy (non-hydrogen) atoms. The van der Waals surface area contributed by atoms with E-state index in [2.05, 4.69) is 20.6 Å². The van der Waals surface area contributed by atoms with Crippen LogP contribution in [0.15, 0.2) is 104 Å². The monoisotopic (exact) mass is 626 g/mol. The highest BCUT2D eigenvalue weighted by Crippen LogP contribution is 2.35. The number of hydrogen-bond donors (Lipinski definition) is 2. The third kappa shape index (κ3) is 6.66. The van der Waals surface area contributed by atoms with Crippen molar-refractivity contribution >= 4 is 68.9 Å². The van der Waals surface area contributed by atoms with E-state index in [1.165, 1.54) is 23.5 Å². The van der Waals surface area contributed by atoms with Crippen LogP contribution in [0.1, 0.15) is 0 Å². The molecule has 4 aromatic carbocycles. The molecule has 2 aromatic heterocycles. The smallest absolute Gasteiger partial charge is 0.257 e. The fourth-order valence-corrected chi connectivity index (χ4v) is 5.68. The van der Waals surface area contributed by atoms with Crippen molar-refractivity contribution < 1.29 is 27.9 Å². The molecule has 0 saturated heterocycles. The van der Waals surface area contributed by atoms with Gasteiger partial charge in [0.05, 0.1) is 37.1 Å². The highest BCUT2D eigenvalue weighted by molar-refractivity contribution is 8.00. The number of nitrogens with one attached hydrogen (secondary N) is 2. The fourth-order valence-electron chi connectivity index (χ4n) is 4.40. The van der Waals surface area contributed by atoms with Gasteiger partial charge in [-0.3, -0.25) is 9.59 Å². The summed E-state index contributed by atoms with van der Waals surface area (Å²) >= 11 is 2.43. The minimum absolute atomic E-state index is 0.120. The molecule has 6 rings (SSSR count). The van der Waals surface area contributed by atoms with E-state index in [0.717, 1.165) is 22.2 Å². The van der Waals surface area contributed by atoms with Crippen LogP contribution < -0.4 is 20.1 Å². The number of anilines is 2. The zero-order valence-electron chi connectivity index (χ0n) is 23.7. The van der Waals surface area contributed by atoms with E-state index in [-0.39, 0.29) is 23.3 Å². The molecule has 6 aromatic rings. The Morgan fingerprint density at radius 3 is 1.50 bits per heavy atom. The lowest BCUT2D eigenvalue weighted by molar-refractivity contribution is -0.114. The Labute approximate surface area is 260 Å². The largest absolute Gasteiger partial charge is 0.495 e. The number of aromatic nitrogens is 2. The summed E-state index contributed by atoms with van der Waals surface area (Å²) in [6, 6.07) is 25.8. The first kappa shape index (κ1) is 29.1. The predicted octanol–water partition coefficient (Wildman–Crippen LogP) is 7.11. The molecular formula is C32H26N4O6S2. The van der Waals surface area contributed by atoms with Crippen LogP contribution in [0.2, 0.25) is 0 Å². The lowest BCUT2D eigenvalue weighted by Crippen LogP contribution is -2.15. The van der Waals surface area contributed by atoms with E-state index in [4.69, 9.17) is 18.3 Å². The lowest BCUT2D eigenvalue weighted by atomic mass is 10.0. The van der Waals surface area contributed by atoms with Crippen molar-refractivity contribution in [1.29, 1.82) is 0 Å². The average Bonchev–Trinajstić information content (AvgIpc) is 3.67. The van der Waals surface area contributed by atoms with Crippen LogP contribution in [0.25, 0.3) is 33.3 Å². The summed E-state index contributed by atoms with van der Waals surface area (Å²) in [6.07, 6.45) is 0. The lowest BCUT2D eigenvalue weighted by Gasteiger charge is -2.14. The van der Waals surface area contributed by atoms with E-state index in [1.807, 2.05) is 72.8 Å². The molecule has 222 valence electrons. The van der Waals surface area contributed by atoms with Gasteiger partial charge >= 0.3 is 0 Å². The summed E-state index contributed by atoms with van der Waals surface area (Å²) in [7, 11) is 3.08. The Kier molecular flexibility index (Phi) is 8.71. The van der Waals surface area contributed by atoms with Gasteiger partial charge in [-0.15, -0.1) is 0 Å². The summed E-state index contributed by atoms with van der Waals surface area (Å²) in [5.41, 5.74) is 5.58. The van der Waals surface area contributed by atoms with Gasteiger partial charge in [0.15, 0.2) is 11.2 Å². The predicted molar refractivity (Wildman–Crippen MR) is 172 cm³/mol. The zero-order chi connectivity index (χ0) is 30.5. The number of rotatable bonds is 11. The molecule has 0 unspecified atom stereocenters. The maximum absolute atomic E-state index is 12.7. The van der Waals surface area contributed by atoms with Crippen molar-refractivity contribution in [2.24, 2.45) is 0 Å². The topological polar surface area (TPSA) is 129 Å². The van der Waals surface area contributed by atoms with Gasteiger partial charge in [-0.05, 0) is 59.7 Å². The SMILES string of the molecule is COc1cc(-c2ccc(NC(=O)CSc3nc4ccccc4o3)c(OC)c2)ccc1NC(=O)CSc1nc2ccccc2o1. The number of benzene rings is 4. The second kappa shape index (κ2) is 13.1. The van der Waals surface area contributed by atoms with Crippen molar-refractivity contribution in [1.82, 2.24) is 9.97 Å². The van der Waals surface area contributed by atoms with Gasteiger partial charge in [0.1, 0.15) is 22.5 Å². The van der Waals surface area contributed by atoms with Crippen molar-refractivity contribution in [3.63, 3.8) is 0 Å². The molecule has 0 bridgehead atoms. The van der Waals surface area contributed by atoms with E-state index in [0.29, 0.717) is 44.5 Å². The number of methoxy groups -OCH3 is 2. The Balaban J connectivity index is 1.08. The van der Waals surface area contributed by atoms with E-state index < -0.39 is 0 Å². The molecule has 0 spiro atoms. The minimum atomic E-state index is -0.223. The molecule has 0 aliphatic heterocycles. The van der Waals surface area contributed by atoms with Crippen LogP contribution in [-0.2, 0) is 9.59 Å². The van der Waals surface area contributed by atoms with Gasteiger partial charge in [0.25, 0.3) is 10.4 Å². The van der Waals surface area contributed by atoms with Crippen molar-refractivity contribution in [3.8, 4) is 22.6 Å². The molecule has 0 aliphatic carbocycles. The summed E-state index contributed by atoms with van der Waals surface area (Å²) < 4.78 is 22.5. The summed E-state index contributed by atoms with van der Waals surface area (Å²) in [5, 5.41) is 6.64. The molecule has 10 nitrogen and oxygen atoms in total. The van der Waals surface area contributed by atoms with Crippen LogP contribution >= 0.6 is 23.5 Å². The second-order valence-electron chi connectivity index (χ2n) is 9.40.